The van der Waals surface area contributed by atoms with Gasteiger partial charge in [0.1, 0.15) is 11.4 Å². The van der Waals surface area contributed by atoms with Crippen molar-refractivity contribution < 1.29 is 4.79 Å². The van der Waals surface area contributed by atoms with E-state index in [4.69, 9.17) is 5.26 Å². The summed E-state index contributed by atoms with van der Waals surface area (Å²) in [5.41, 5.74) is 0. The zero-order valence-corrected chi connectivity index (χ0v) is 9.61. The average Bonchev–Trinajstić information content (AvgIpc) is 2.96. The van der Waals surface area contributed by atoms with Crippen molar-refractivity contribution >= 4 is 17.4 Å². The molecule has 1 aliphatic rings. The number of aromatic nitrogens is 2. The molecule has 1 saturated carbocycles. The van der Waals surface area contributed by atoms with Gasteiger partial charge in [-0.3, -0.25) is 4.79 Å². The number of hydrogen-bond acceptors (Lipinski definition) is 5. The van der Waals surface area contributed by atoms with Crippen molar-refractivity contribution in [1.29, 1.82) is 5.26 Å². The maximum atomic E-state index is 12.1. The van der Waals surface area contributed by atoms with E-state index in [1.165, 1.54) is 6.20 Å². The topological polar surface area (TPSA) is 69.9 Å². The molecule has 6 heteroatoms. The van der Waals surface area contributed by atoms with Crippen molar-refractivity contribution in [3.8, 4) is 6.07 Å². The van der Waals surface area contributed by atoms with Gasteiger partial charge in [-0.1, -0.05) is 17.3 Å². The highest BCUT2D eigenvalue weighted by Crippen LogP contribution is 2.24. The van der Waals surface area contributed by atoms with Gasteiger partial charge < -0.3 is 4.90 Å². The number of carbonyl (C=O) groups is 1. The molecule has 0 unspecified atom stereocenters. The van der Waals surface area contributed by atoms with Crippen molar-refractivity contribution in [3.05, 3.63) is 11.1 Å². The number of carbonyl (C=O) groups excluding carboxylic acids is 1. The van der Waals surface area contributed by atoms with Gasteiger partial charge in [-0.15, -0.1) is 5.10 Å². The van der Waals surface area contributed by atoms with Crippen molar-refractivity contribution in [2.24, 2.45) is 0 Å². The number of amides is 1. The van der Waals surface area contributed by atoms with Crippen LogP contribution in [-0.4, -0.2) is 33.0 Å². The summed E-state index contributed by atoms with van der Waals surface area (Å²) in [5.74, 6) is -0.108. The Morgan fingerprint density at radius 2 is 2.38 bits per heavy atom. The van der Waals surface area contributed by atoms with Crippen LogP contribution in [0.15, 0.2) is 6.20 Å². The molecule has 1 amide bonds. The molecule has 16 heavy (non-hydrogen) atoms. The average molecular weight is 236 g/mol. The van der Waals surface area contributed by atoms with Gasteiger partial charge >= 0.3 is 0 Å². The standard InChI is InChI=1S/C10H12N4OS/c11-5-6-14(8-3-1-2-4-8)10(15)9-7-12-13-16-9/h7-8H,1-4,6H2. The second-order valence-corrected chi connectivity index (χ2v) is 4.60. The maximum Gasteiger partial charge on any atom is 0.268 e. The zero-order valence-electron chi connectivity index (χ0n) is 8.80. The Bertz CT molecular complexity index is 391. The van der Waals surface area contributed by atoms with E-state index in [0.29, 0.717) is 4.88 Å². The van der Waals surface area contributed by atoms with Crippen molar-refractivity contribution in [1.82, 2.24) is 14.5 Å². The summed E-state index contributed by atoms with van der Waals surface area (Å²) < 4.78 is 3.67. The largest absolute Gasteiger partial charge is 0.322 e. The minimum Gasteiger partial charge on any atom is -0.322 e. The quantitative estimate of drug-likeness (QED) is 0.745. The number of nitrogens with zero attached hydrogens (tertiary/aromatic N) is 4. The van der Waals surface area contributed by atoms with Gasteiger partial charge in [0, 0.05) is 6.04 Å². The van der Waals surface area contributed by atoms with Crippen LogP contribution >= 0.6 is 11.5 Å². The predicted molar refractivity (Wildman–Crippen MR) is 58.8 cm³/mol. The summed E-state index contributed by atoms with van der Waals surface area (Å²) in [6.45, 7) is 0.154. The molecule has 1 aromatic rings. The van der Waals surface area contributed by atoms with Crippen LogP contribution in [0.2, 0.25) is 0 Å². The predicted octanol–water partition coefficient (Wildman–Crippen LogP) is 1.45. The SMILES string of the molecule is N#CCN(C(=O)c1cnns1)C1CCCC1. The van der Waals surface area contributed by atoms with Gasteiger partial charge in [-0.2, -0.15) is 5.26 Å². The maximum absolute atomic E-state index is 12.1. The third-order valence-electron chi connectivity index (χ3n) is 2.84. The molecule has 5 nitrogen and oxygen atoms in total. The molecule has 0 bridgehead atoms. The van der Waals surface area contributed by atoms with E-state index in [0.717, 1.165) is 37.2 Å². The Labute approximate surface area is 97.8 Å². The minimum atomic E-state index is -0.108. The fourth-order valence-corrected chi connectivity index (χ4v) is 2.53. The molecule has 84 valence electrons. The smallest absolute Gasteiger partial charge is 0.268 e. The van der Waals surface area contributed by atoms with E-state index >= 15 is 0 Å². The Morgan fingerprint density at radius 3 is 2.94 bits per heavy atom. The molecule has 0 aliphatic heterocycles. The number of hydrogen-bond donors (Lipinski definition) is 0. The lowest BCUT2D eigenvalue weighted by Gasteiger charge is -2.25. The van der Waals surface area contributed by atoms with E-state index in [9.17, 15) is 4.79 Å². The first-order valence-corrected chi connectivity index (χ1v) is 6.05. The van der Waals surface area contributed by atoms with Gasteiger partial charge in [0.25, 0.3) is 5.91 Å². The third-order valence-corrected chi connectivity index (χ3v) is 3.49. The highest BCUT2D eigenvalue weighted by molar-refractivity contribution is 7.07. The number of nitriles is 1. The van der Waals surface area contributed by atoms with Crippen molar-refractivity contribution in [2.45, 2.75) is 31.7 Å². The first kappa shape index (κ1) is 11.0. The second kappa shape index (κ2) is 5.03. The highest BCUT2D eigenvalue weighted by Gasteiger charge is 2.28. The first-order valence-electron chi connectivity index (χ1n) is 5.28. The summed E-state index contributed by atoms with van der Waals surface area (Å²) in [4.78, 5) is 14.3. The van der Waals surface area contributed by atoms with Gasteiger partial charge in [-0.05, 0) is 24.4 Å². The lowest BCUT2D eigenvalue weighted by molar-refractivity contribution is 0.0714. The Kier molecular flexibility index (Phi) is 3.47. The van der Waals surface area contributed by atoms with Crippen LogP contribution in [0.4, 0.5) is 0 Å². The second-order valence-electron chi connectivity index (χ2n) is 3.81. The van der Waals surface area contributed by atoms with Gasteiger partial charge in [0.05, 0.1) is 12.3 Å². The van der Waals surface area contributed by atoms with Gasteiger partial charge in [0.2, 0.25) is 0 Å². The Morgan fingerprint density at radius 1 is 1.62 bits per heavy atom. The fourth-order valence-electron chi connectivity index (χ4n) is 2.06. The lowest BCUT2D eigenvalue weighted by atomic mass is 10.2. The molecule has 0 atom stereocenters. The highest BCUT2D eigenvalue weighted by atomic mass is 32.1. The molecule has 1 aromatic heterocycles. The van der Waals surface area contributed by atoms with Crippen LogP contribution in [0.25, 0.3) is 0 Å². The van der Waals surface area contributed by atoms with Crippen LogP contribution in [0.5, 0.6) is 0 Å². The van der Waals surface area contributed by atoms with Gasteiger partial charge in [0.15, 0.2) is 0 Å². The zero-order chi connectivity index (χ0) is 11.4. The molecule has 0 radical (unpaired) electrons. The molecule has 2 rings (SSSR count). The third kappa shape index (κ3) is 2.19. The summed E-state index contributed by atoms with van der Waals surface area (Å²) >= 11 is 1.08. The summed E-state index contributed by atoms with van der Waals surface area (Å²) in [6.07, 6.45) is 5.74. The normalized spacial score (nSPS) is 15.9. The van der Waals surface area contributed by atoms with Crippen LogP contribution in [-0.2, 0) is 0 Å². The van der Waals surface area contributed by atoms with Gasteiger partial charge in [-0.25, -0.2) is 0 Å². The molecule has 0 saturated heterocycles. The van der Waals surface area contributed by atoms with Crippen LogP contribution < -0.4 is 0 Å². The molecule has 1 aliphatic carbocycles. The van der Waals surface area contributed by atoms with Crippen molar-refractivity contribution in [3.63, 3.8) is 0 Å². The van der Waals surface area contributed by atoms with Crippen LogP contribution in [0, 0.1) is 11.3 Å². The summed E-state index contributed by atoms with van der Waals surface area (Å²) in [6, 6.07) is 2.27. The molecule has 1 heterocycles. The Hall–Kier alpha value is -1.48. The Balaban J connectivity index is 2.13. The molecular formula is C10H12N4OS. The lowest BCUT2D eigenvalue weighted by Crippen LogP contribution is -2.38. The molecule has 0 aromatic carbocycles. The molecule has 1 fully saturated rings. The van der Waals surface area contributed by atoms with E-state index < -0.39 is 0 Å². The monoisotopic (exact) mass is 236 g/mol. The summed E-state index contributed by atoms with van der Waals surface area (Å²) in [5, 5.41) is 12.4. The van der Waals surface area contributed by atoms with E-state index in [-0.39, 0.29) is 18.5 Å². The van der Waals surface area contributed by atoms with E-state index in [1.54, 1.807) is 4.90 Å². The van der Waals surface area contributed by atoms with E-state index in [1.807, 2.05) is 0 Å². The minimum absolute atomic E-state index is 0.108. The summed E-state index contributed by atoms with van der Waals surface area (Å²) in [7, 11) is 0. The fraction of sp³-hybridized carbons (Fsp3) is 0.600. The molecular weight excluding hydrogens is 224 g/mol. The molecule has 0 spiro atoms. The number of rotatable bonds is 3. The molecule has 0 N–H and O–H groups in total. The first-order chi connectivity index (χ1) is 7.83. The van der Waals surface area contributed by atoms with Crippen molar-refractivity contribution in [2.75, 3.05) is 6.54 Å². The van der Waals surface area contributed by atoms with Crippen LogP contribution in [0.3, 0.4) is 0 Å². The van der Waals surface area contributed by atoms with Crippen LogP contribution in [0.1, 0.15) is 35.4 Å². The van der Waals surface area contributed by atoms with E-state index in [2.05, 4.69) is 15.7 Å².